The van der Waals surface area contributed by atoms with Gasteiger partial charge in [-0.25, -0.2) is 4.79 Å². The number of primary amides is 1. The number of halogens is 1. The zero-order valence-corrected chi connectivity index (χ0v) is 7.91. The third-order valence-corrected chi connectivity index (χ3v) is 1.37. The largest absolute Gasteiger partial charge is 0.447 e. The smallest absolute Gasteiger partial charge is 0.413 e. The highest BCUT2D eigenvalue weighted by molar-refractivity contribution is 6.28. The van der Waals surface area contributed by atoms with Crippen molar-refractivity contribution >= 4 is 29.5 Å². The first kappa shape index (κ1) is 12.7. The van der Waals surface area contributed by atoms with Gasteiger partial charge in [-0.1, -0.05) is 0 Å². The molecule has 0 radical (unpaired) electrons. The molecule has 0 spiro atoms. The Morgan fingerprint density at radius 1 is 1.43 bits per heavy atom. The highest BCUT2D eigenvalue weighted by atomic mass is 35.5. The van der Waals surface area contributed by atoms with Gasteiger partial charge in [-0.3, -0.25) is 14.9 Å². The van der Waals surface area contributed by atoms with Crippen molar-refractivity contribution in [2.45, 2.75) is 6.04 Å². The van der Waals surface area contributed by atoms with Gasteiger partial charge >= 0.3 is 6.09 Å². The molecule has 7 nitrogen and oxygen atoms in total. The molecule has 0 saturated heterocycles. The first-order valence-corrected chi connectivity index (χ1v) is 4.08. The van der Waals surface area contributed by atoms with Gasteiger partial charge in [-0.2, -0.15) is 0 Å². The second kappa shape index (κ2) is 6.17. The molecule has 14 heavy (non-hydrogen) atoms. The highest BCUT2D eigenvalue weighted by Crippen LogP contribution is 1.83. The molecule has 0 aliphatic heterocycles. The number of amides is 3. The highest BCUT2D eigenvalue weighted by Gasteiger charge is 2.13. The fourth-order valence-electron chi connectivity index (χ4n) is 0.431. The molecule has 1 unspecified atom stereocenters. The van der Waals surface area contributed by atoms with E-state index in [1.165, 1.54) is 0 Å². The molecule has 1 atom stereocenters. The molecule has 0 bridgehead atoms. The van der Waals surface area contributed by atoms with Crippen molar-refractivity contribution in [3.63, 3.8) is 0 Å². The van der Waals surface area contributed by atoms with Gasteiger partial charge in [0.1, 0.15) is 18.5 Å². The number of carbonyl (C=O) groups is 3. The average Bonchev–Trinajstić information content (AvgIpc) is 2.13. The van der Waals surface area contributed by atoms with Crippen LogP contribution in [0.5, 0.6) is 0 Å². The van der Waals surface area contributed by atoms with Gasteiger partial charge in [-0.05, 0) is 0 Å². The number of nitrogens with one attached hydrogen (secondary N) is 1. The molecule has 0 heterocycles. The Morgan fingerprint density at radius 2 is 2.00 bits per heavy atom. The fraction of sp³-hybridized carbons (Fsp3) is 0.500. The number of carbonyl (C=O) groups excluding carboxylic acids is 3. The van der Waals surface area contributed by atoms with Gasteiger partial charge in [-0.15, -0.1) is 11.6 Å². The lowest BCUT2D eigenvalue weighted by Gasteiger charge is -2.08. The summed E-state index contributed by atoms with van der Waals surface area (Å²) in [4.78, 5) is 31.6. The molecule has 0 rings (SSSR count). The van der Waals surface area contributed by atoms with Crippen LogP contribution in [0.1, 0.15) is 0 Å². The summed E-state index contributed by atoms with van der Waals surface area (Å²) in [5.74, 6) is -1.87. The number of imide groups is 1. The van der Waals surface area contributed by atoms with Crippen LogP contribution in [0.3, 0.4) is 0 Å². The summed E-state index contributed by atoms with van der Waals surface area (Å²) in [6.07, 6.45) is -1.02. The minimum atomic E-state index is -1.09. The van der Waals surface area contributed by atoms with Crippen LogP contribution in [0.15, 0.2) is 0 Å². The Morgan fingerprint density at radius 3 is 2.43 bits per heavy atom. The summed E-state index contributed by atoms with van der Waals surface area (Å²) in [5.41, 5.74) is 9.92. The van der Waals surface area contributed by atoms with Gasteiger partial charge in [0.2, 0.25) is 11.8 Å². The topological polar surface area (TPSA) is 125 Å². The normalized spacial score (nSPS) is 11.6. The molecule has 80 valence electrons. The molecular weight excluding hydrogens is 214 g/mol. The van der Waals surface area contributed by atoms with Crippen LogP contribution in [-0.4, -0.2) is 36.4 Å². The summed E-state index contributed by atoms with van der Waals surface area (Å²) in [6, 6.07) is -1.09. The minimum absolute atomic E-state index is 0.364. The van der Waals surface area contributed by atoms with E-state index < -0.39 is 30.6 Å². The van der Waals surface area contributed by atoms with E-state index >= 15 is 0 Å². The van der Waals surface area contributed by atoms with E-state index in [1.54, 1.807) is 5.32 Å². The maximum Gasteiger partial charge on any atom is 0.413 e. The average molecular weight is 224 g/mol. The monoisotopic (exact) mass is 223 g/mol. The number of hydrogen-bond acceptors (Lipinski definition) is 5. The number of hydrogen-bond donors (Lipinski definition) is 3. The van der Waals surface area contributed by atoms with Crippen molar-refractivity contribution < 1.29 is 19.1 Å². The molecule has 8 heteroatoms. The van der Waals surface area contributed by atoms with Crippen molar-refractivity contribution in [3.8, 4) is 0 Å². The van der Waals surface area contributed by atoms with Crippen molar-refractivity contribution in [2.24, 2.45) is 11.5 Å². The maximum atomic E-state index is 10.7. The Balaban J connectivity index is 3.74. The standard InChI is InChI=1S/C6H10ClN3O4/c7-1-4(11)10-6(13)14-2-3(8)5(9)12/h3H,1-2,8H2,(H2,9,12)(H,10,11,13). The number of rotatable bonds is 4. The second-order valence-electron chi connectivity index (χ2n) is 2.29. The van der Waals surface area contributed by atoms with Gasteiger partial charge in [0.05, 0.1) is 0 Å². The third-order valence-electron chi connectivity index (χ3n) is 1.12. The number of alkyl carbamates (subject to hydrolysis) is 1. The molecule has 0 aliphatic carbocycles. The van der Waals surface area contributed by atoms with E-state index in [2.05, 4.69) is 4.74 Å². The summed E-state index contributed by atoms with van der Waals surface area (Å²) in [7, 11) is 0. The van der Waals surface area contributed by atoms with E-state index in [1.807, 2.05) is 0 Å². The van der Waals surface area contributed by atoms with Crippen LogP contribution < -0.4 is 16.8 Å². The molecule has 5 N–H and O–H groups in total. The van der Waals surface area contributed by atoms with E-state index in [-0.39, 0.29) is 5.88 Å². The van der Waals surface area contributed by atoms with Gasteiger partial charge in [0.25, 0.3) is 0 Å². The van der Waals surface area contributed by atoms with E-state index in [9.17, 15) is 14.4 Å². The van der Waals surface area contributed by atoms with Crippen LogP contribution >= 0.6 is 11.6 Å². The quantitative estimate of drug-likeness (QED) is 0.490. The molecule has 0 aliphatic rings. The number of alkyl halides is 1. The van der Waals surface area contributed by atoms with E-state index in [0.29, 0.717) is 0 Å². The maximum absolute atomic E-state index is 10.7. The summed E-state index contributed by atoms with van der Waals surface area (Å²) >= 11 is 5.09. The number of nitrogens with two attached hydrogens (primary N) is 2. The summed E-state index contributed by atoms with van der Waals surface area (Å²) < 4.78 is 4.38. The summed E-state index contributed by atoms with van der Waals surface area (Å²) in [6.45, 7) is -0.392. The van der Waals surface area contributed by atoms with Crippen molar-refractivity contribution in [2.75, 3.05) is 12.5 Å². The fourth-order valence-corrected chi connectivity index (χ4v) is 0.498. The van der Waals surface area contributed by atoms with Gasteiger partial charge < -0.3 is 16.2 Å². The predicted octanol–water partition coefficient (Wildman–Crippen LogP) is -1.71. The molecule has 0 aromatic heterocycles. The predicted molar refractivity (Wildman–Crippen MR) is 47.4 cm³/mol. The first-order chi connectivity index (χ1) is 6.47. The molecule has 0 aromatic carbocycles. The Bertz CT molecular complexity index is 245. The lowest BCUT2D eigenvalue weighted by atomic mass is 10.3. The van der Waals surface area contributed by atoms with Crippen molar-refractivity contribution in [1.29, 1.82) is 0 Å². The molecule has 0 fully saturated rings. The van der Waals surface area contributed by atoms with Gasteiger partial charge in [0, 0.05) is 0 Å². The summed E-state index contributed by atoms with van der Waals surface area (Å²) in [5, 5.41) is 1.78. The van der Waals surface area contributed by atoms with Crippen molar-refractivity contribution in [1.82, 2.24) is 5.32 Å². The zero-order chi connectivity index (χ0) is 11.1. The minimum Gasteiger partial charge on any atom is -0.447 e. The molecule has 3 amide bonds. The number of ether oxygens (including phenoxy) is 1. The van der Waals surface area contributed by atoms with Crippen LogP contribution in [0, 0.1) is 0 Å². The molecule has 0 aromatic rings. The van der Waals surface area contributed by atoms with Crippen LogP contribution in [0.2, 0.25) is 0 Å². The second-order valence-corrected chi connectivity index (χ2v) is 2.56. The zero-order valence-electron chi connectivity index (χ0n) is 7.16. The van der Waals surface area contributed by atoms with E-state index in [0.717, 1.165) is 0 Å². The van der Waals surface area contributed by atoms with Crippen LogP contribution in [0.25, 0.3) is 0 Å². The van der Waals surface area contributed by atoms with Crippen molar-refractivity contribution in [3.05, 3.63) is 0 Å². The van der Waals surface area contributed by atoms with E-state index in [4.69, 9.17) is 23.1 Å². The first-order valence-electron chi connectivity index (χ1n) is 3.54. The Kier molecular flexibility index (Phi) is 5.58. The SMILES string of the molecule is NC(=O)C(N)COC(=O)NC(=O)CCl. The van der Waals surface area contributed by atoms with Gasteiger partial charge in [0.15, 0.2) is 0 Å². The Hall–Kier alpha value is -1.34. The molecular formula is C6H10ClN3O4. The lowest BCUT2D eigenvalue weighted by molar-refractivity contribution is -0.120. The third kappa shape index (κ3) is 5.33. The molecule has 0 saturated carbocycles. The Labute approximate surface area is 84.7 Å². The van der Waals surface area contributed by atoms with Crippen LogP contribution in [-0.2, 0) is 14.3 Å². The van der Waals surface area contributed by atoms with Crippen LogP contribution in [0.4, 0.5) is 4.79 Å². The lowest BCUT2D eigenvalue weighted by Crippen LogP contribution is -2.42.